The summed E-state index contributed by atoms with van der Waals surface area (Å²) in [5, 5.41) is 10.9. The normalized spacial score (nSPS) is 20.1. The average Bonchev–Trinajstić information content (AvgIpc) is 3.30. The summed E-state index contributed by atoms with van der Waals surface area (Å²) in [5.74, 6) is 0.817. The summed E-state index contributed by atoms with van der Waals surface area (Å²) in [5.41, 5.74) is 4.12. The van der Waals surface area contributed by atoms with E-state index in [0.29, 0.717) is 17.8 Å². The van der Waals surface area contributed by atoms with Gasteiger partial charge in [-0.05, 0) is 43.7 Å². The fourth-order valence-corrected chi connectivity index (χ4v) is 4.14. The lowest BCUT2D eigenvalue weighted by Crippen LogP contribution is -2.36. The molecule has 1 fully saturated rings. The lowest BCUT2D eigenvalue weighted by Gasteiger charge is -2.23. The van der Waals surface area contributed by atoms with Crippen molar-refractivity contribution in [3.05, 3.63) is 52.4 Å². The second-order valence-corrected chi connectivity index (χ2v) is 7.63. The topological polar surface area (TPSA) is 67.2 Å². The summed E-state index contributed by atoms with van der Waals surface area (Å²) in [4.78, 5) is 12.6. The van der Waals surface area contributed by atoms with E-state index in [1.54, 1.807) is 0 Å². The Morgan fingerprint density at radius 2 is 2.00 bits per heavy atom. The van der Waals surface area contributed by atoms with Crippen LogP contribution in [0.15, 0.2) is 28.8 Å². The molecule has 1 atom stereocenters. The Hall–Kier alpha value is -2.14. The maximum absolute atomic E-state index is 12.6. The van der Waals surface area contributed by atoms with Crippen LogP contribution in [0.5, 0.6) is 0 Å². The molecule has 5 nitrogen and oxygen atoms in total. The van der Waals surface area contributed by atoms with Crippen molar-refractivity contribution in [3.63, 3.8) is 0 Å². The highest BCUT2D eigenvalue weighted by molar-refractivity contribution is 5.94. The molecule has 5 heteroatoms. The Kier molecular flexibility index (Phi) is 5.07. The van der Waals surface area contributed by atoms with E-state index in [9.17, 15) is 4.79 Å². The number of aromatic nitrogens is 1. The average molecular weight is 353 g/mol. The minimum Gasteiger partial charge on any atom is -0.360 e. The van der Waals surface area contributed by atoms with Gasteiger partial charge in [0.25, 0.3) is 5.91 Å². The van der Waals surface area contributed by atoms with E-state index in [1.807, 2.05) is 0 Å². The van der Waals surface area contributed by atoms with Crippen LogP contribution in [0, 0.1) is 6.92 Å². The van der Waals surface area contributed by atoms with E-state index in [0.717, 1.165) is 50.0 Å². The molecule has 1 aromatic heterocycles. The van der Waals surface area contributed by atoms with Crippen molar-refractivity contribution in [1.29, 1.82) is 0 Å². The molecule has 1 heterocycles. The van der Waals surface area contributed by atoms with Crippen LogP contribution in [0.3, 0.4) is 0 Å². The first-order chi connectivity index (χ1) is 12.7. The first-order valence-electron chi connectivity index (χ1n) is 9.77. The van der Waals surface area contributed by atoms with Crippen molar-refractivity contribution < 1.29 is 9.32 Å². The summed E-state index contributed by atoms with van der Waals surface area (Å²) < 4.78 is 5.46. The Morgan fingerprint density at radius 1 is 1.19 bits per heavy atom. The molecule has 0 bridgehead atoms. The highest BCUT2D eigenvalue weighted by Crippen LogP contribution is 2.26. The van der Waals surface area contributed by atoms with E-state index in [1.165, 1.54) is 24.0 Å². The van der Waals surface area contributed by atoms with Gasteiger partial charge in [0.05, 0.1) is 0 Å². The number of fused-ring (bicyclic) bond motifs is 1. The van der Waals surface area contributed by atoms with Gasteiger partial charge in [0, 0.05) is 30.6 Å². The number of amides is 1. The van der Waals surface area contributed by atoms with Gasteiger partial charge in [-0.25, -0.2) is 0 Å². The fraction of sp³-hybridized carbons (Fsp3) is 0.524. The van der Waals surface area contributed by atoms with Crippen LogP contribution in [-0.2, 0) is 19.4 Å². The smallest absolute Gasteiger partial charge is 0.273 e. The summed E-state index contributed by atoms with van der Waals surface area (Å²) in [6.45, 7) is 2.99. The monoisotopic (exact) mass is 353 g/mol. The molecular formula is C21H27N3O2. The van der Waals surface area contributed by atoms with Gasteiger partial charge < -0.3 is 15.2 Å². The first kappa shape index (κ1) is 17.3. The number of benzene rings is 1. The summed E-state index contributed by atoms with van der Waals surface area (Å²) in [6.07, 6.45) is 7.21. The summed E-state index contributed by atoms with van der Waals surface area (Å²) in [7, 11) is 0. The molecule has 2 aliphatic carbocycles. The lowest BCUT2D eigenvalue weighted by atomic mass is 9.91. The van der Waals surface area contributed by atoms with Gasteiger partial charge >= 0.3 is 0 Å². The molecule has 4 rings (SSSR count). The predicted molar refractivity (Wildman–Crippen MR) is 100 cm³/mol. The van der Waals surface area contributed by atoms with Crippen molar-refractivity contribution in [1.82, 2.24) is 15.8 Å². The molecule has 138 valence electrons. The summed E-state index contributed by atoms with van der Waals surface area (Å²) in [6, 6.07) is 9.10. The number of carbonyl (C=O) groups is 1. The van der Waals surface area contributed by atoms with E-state index < -0.39 is 0 Å². The Balaban J connectivity index is 1.40. The number of nitrogens with zero attached hydrogens (tertiary/aromatic N) is 1. The molecule has 0 aliphatic heterocycles. The third-order valence-corrected chi connectivity index (χ3v) is 5.79. The molecule has 26 heavy (non-hydrogen) atoms. The lowest BCUT2D eigenvalue weighted by molar-refractivity contribution is 0.0928. The molecule has 0 saturated heterocycles. The first-order valence-corrected chi connectivity index (χ1v) is 9.77. The van der Waals surface area contributed by atoms with Gasteiger partial charge in [-0.3, -0.25) is 4.79 Å². The maximum Gasteiger partial charge on any atom is 0.273 e. The minimum absolute atomic E-state index is 0.0681. The van der Waals surface area contributed by atoms with Crippen LogP contribution in [-0.4, -0.2) is 23.1 Å². The minimum atomic E-state index is -0.0681. The zero-order chi connectivity index (χ0) is 17.9. The SMILES string of the molecule is Cc1ccccc1CNC1CCc2onc(C(=O)NC3CCCC3)c2C1. The third kappa shape index (κ3) is 3.68. The highest BCUT2D eigenvalue weighted by atomic mass is 16.5. The molecule has 2 aromatic rings. The molecule has 1 amide bonds. The molecular weight excluding hydrogens is 326 g/mol. The van der Waals surface area contributed by atoms with Gasteiger partial charge in [0.1, 0.15) is 5.76 Å². The van der Waals surface area contributed by atoms with Crippen LogP contribution >= 0.6 is 0 Å². The Morgan fingerprint density at radius 3 is 2.81 bits per heavy atom. The van der Waals surface area contributed by atoms with Gasteiger partial charge in [0.2, 0.25) is 0 Å². The van der Waals surface area contributed by atoms with Crippen molar-refractivity contribution in [3.8, 4) is 0 Å². The molecule has 1 saturated carbocycles. The molecule has 1 aromatic carbocycles. The van der Waals surface area contributed by atoms with E-state index in [4.69, 9.17) is 4.52 Å². The maximum atomic E-state index is 12.6. The van der Waals surface area contributed by atoms with Crippen LogP contribution in [0.4, 0.5) is 0 Å². The predicted octanol–water partition coefficient (Wildman–Crippen LogP) is 3.30. The zero-order valence-corrected chi connectivity index (χ0v) is 15.4. The summed E-state index contributed by atoms with van der Waals surface area (Å²) >= 11 is 0. The fourth-order valence-electron chi connectivity index (χ4n) is 4.14. The van der Waals surface area contributed by atoms with Gasteiger partial charge in [-0.15, -0.1) is 0 Å². The van der Waals surface area contributed by atoms with Crippen molar-refractivity contribution in [2.24, 2.45) is 0 Å². The van der Waals surface area contributed by atoms with Crippen molar-refractivity contribution in [2.75, 3.05) is 0 Å². The van der Waals surface area contributed by atoms with E-state index in [2.05, 4.69) is 47.0 Å². The van der Waals surface area contributed by atoms with Crippen molar-refractivity contribution >= 4 is 5.91 Å². The quantitative estimate of drug-likeness (QED) is 0.865. The van der Waals surface area contributed by atoms with Gasteiger partial charge in [-0.1, -0.05) is 42.3 Å². The number of hydrogen-bond donors (Lipinski definition) is 2. The third-order valence-electron chi connectivity index (χ3n) is 5.79. The van der Waals surface area contributed by atoms with Crippen LogP contribution in [0.25, 0.3) is 0 Å². The number of rotatable bonds is 5. The van der Waals surface area contributed by atoms with Crippen LogP contribution in [0.1, 0.15) is 65.0 Å². The van der Waals surface area contributed by atoms with Gasteiger partial charge in [-0.2, -0.15) is 0 Å². The standard InChI is InChI=1S/C21H27N3O2/c1-14-6-2-3-7-15(14)13-22-17-10-11-19-18(12-17)20(24-26-19)21(25)23-16-8-4-5-9-16/h2-3,6-7,16-17,22H,4-5,8-13H2,1H3,(H,23,25). The number of hydrogen-bond acceptors (Lipinski definition) is 4. The second kappa shape index (κ2) is 7.62. The van der Waals surface area contributed by atoms with Crippen molar-refractivity contribution in [2.45, 2.75) is 70.5 Å². The number of nitrogens with one attached hydrogen (secondary N) is 2. The second-order valence-electron chi connectivity index (χ2n) is 7.63. The van der Waals surface area contributed by atoms with Crippen LogP contribution in [0.2, 0.25) is 0 Å². The number of aryl methyl sites for hydroxylation is 2. The zero-order valence-electron chi connectivity index (χ0n) is 15.4. The molecule has 1 unspecified atom stereocenters. The largest absolute Gasteiger partial charge is 0.360 e. The van der Waals surface area contributed by atoms with E-state index in [-0.39, 0.29) is 5.91 Å². The molecule has 0 radical (unpaired) electrons. The van der Waals surface area contributed by atoms with E-state index >= 15 is 0 Å². The molecule has 2 N–H and O–H groups in total. The molecule has 0 spiro atoms. The Bertz CT molecular complexity index is 777. The van der Waals surface area contributed by atoms with Crippen LogP contribution < -0.4 is 10.6 Å². The highest BCUT2D eigenvalue weighted by Gasteiger charge is 2.29. The Labute approximate surface area is 154 Å². The van der Waals surface area contributed by atoms with Gasteiger partial charge in [0.15, 0.2) is 5.69 Å². The molecule has 2 aliphatic rings. The number of carbonyl (C=O) groups excluding carboxylic acids is 1.